The van der Waals surface area contributed by atoms with Gasteiger partial charge >= 0.3 is 0 Å². The van der Waals surface area contributed by atoms with Crippen LogP contribution in [0.1, 0.15) is 16.1 Å². The first kappa shape index (κ1) is 14.3. The number of nitriles is 1. The summed E-state index contributed by atoms with van der Waals surface area (Å²) in [6.45, 7) is 0. The molecule has 0 unspecified atom stereocenters. The van der Waals surface area contributed by atoms with Gasteiger partial charge in [0.05, 0.1) is 18.4 Å². The van der Waals surface area contributed by atoms with Gasteiger partial charge in [-0.25, -0.2) is 0 Å². The minimum Gasteiger partial charge on any atom is -0.495 e. The van der Waals surface area contributed by atoms with E-state index in [0.29, 0.717) is 22.7 Å². The average molecular weight is 283 g/mol. The first-order valence-electron chi connectivity index (χ1n) is 6.00. The fraction of sp³-hybridized carbons (Fsp3) is 0.0714. The summed E-state index contributed by atoms with van der Waals surface area (Å²) in [4.78, 5) is 16.2. The van der Waals surface area contributed by atoms with Gasteiger partial charge < -0.3 is 15.5 Å². The van der Waals surface area contributed by atoms with Crippen molar-refractivity contribution in [3.8, 4) is 11.8 Å². The summed E-state index contributed by atoms with van der Waals surface area (Å²) < 4.78 is 5.15. The van der Waals surface area contributed by atoms with Gasteiger partial charge in [-0.15, -0.1) is 0 Å². The monoisotopic (exact) mass is 283 g/mol. The number of ether oxygens (including phenoxy) is 1. The standard InChI is InChI=1S/C14H13N5O2/c1-21-12-4-2-3-9(8-15)13(12)18-14(20)11-7-10(19-16)5-6-17-11/h2-7H,16H2,1H3,(H,17,19)(H,18,20). The molecule has 0 aliphatic heterocycles. The molecular formula is C14H13N5O2. The molecule has 0 aliphatic rings. The minimum atomic E-state index is -0.465. The van der Waals surface area contributed by atoms with Crippen molar-refractivity contribution in [1.29, 1.82) is 5.26 Å². The Morgan fingerprint density at radius 3 is 2.90 bits per heavy atom. The lowest BCUT2D eigenvalue weighted by Gasteiger charge is -2.11. The lowest BCUT2D eigenvalue weighted by Crippen LogP contribution is -2.16. The van der Waals surface area contributed by atoms with Crippen molar-refractivity contribution in [2.45, 2.75) is 0 Å². The van der Waals surface area contributed by atoms with Crippen LogP contribution in [-0.2, 0) is 0 Å². The molecule has 1 aromatic carbocycles. The molecule has 2 aromatic rings. The molecule has 1 heterocycles. The molecule has 0 atom stereocenters. The van der Waals surface area contributed by atoms with Gasteiger partial charge in [0.25, 0.3) is 5.91 Å². The summed E-state index contributed by atoms with van der Waals surface area (Å²) in [5.41, 5.74) is 3.76. The van der Waals surface area contributed by atoms with Gasteiger partial charge in [0.1, 0.15) is 23.2 Å². The number of nitrogens with zero attached hydrogens (tertiary/aromatic N) is 2. The maximum atomic E-state index is 12.2. The highest BCUT2D eigenvalue weighted by atomic mass is 16.5. The molecule has 1 aromatic heterocycles. The number of anilines is 2. The van der Waals surface area contributed by atoms with Crippen LogP contribution in [0.4, 0.5) is 11.4 Å². The molecule has 0 bridgehead atoms. The van der Waals surface area contributed by atoms with Crippen molar-refractivity contribution in [2.75, 3.05) is 17.9 Å². The van der Waals surface area contributed by atoms with E-state index in [1.165, 1.54) is 19.4 Å². The summed E-state index contributed by atoms with van der Waals surface area (Å²) >= 11 is 0. The second-order valence-corrected chi connectivity index (χ2v) is 4.02. The van der Waals surface area contributed by atoms with Gasteiger partial charge in [-0.05, 0) is 24.3 Å². The first-order chi connectivity index (χ1) is 10.2. The lowest BCUT2D eigenvalue weighted by atomic mass is 10.1. The van der Waals surface area contributed by atoms with Gasteiger partial charge in [-0.3, -0.25) is 15.6 Å². The van der Waals surface area contributed by atoms with E-state index in [4.69, 9.17) is 15.8 Å². The highest BCUT2D eigenvalue weighted by Crippen LogP contribution is 2.28. The average Bonchev–Trinajstić information content (AvgIpc) is 2.54. The van der Waals surface area contributed by atoms with Gasteiger partial charge in [-0.1, -0.05) is 6.07 Å². The first-order valence-corrected chi connectivity index (χ1v) is 6.00. The summed E-state index contributed by atoms with van der Waals surface area (Å²) in [5.74, 6) is 5.22. The number of carbonyl (C=O) groups is 1. The molecular weight excluding hydrogens is 270 g/mol. The Bertz CT molecular complexity index is 709. The number of pyridine rings is 1. The minimum absolute atomic E-state index is 0.167. The van der Waals surface area contributed by atoms with Crippen LogP contribution in [0, 0.1) is 11.3 Å². The van der Waals surface area contributed by atoms with Crippen LogP contribution in [0.5, 0.6) is 5.75 Å². The number of rotatable bonds is 4. The number of nitrogen functional groups attached to an aromatic ring is 1. The quantitative estimate of drug-likeness (QED) is 0.579. The van der Waals surface area contributed by atoms with E-state index in [1.807, 2.05) is 6.07 Å². The lowest BCUT2D eigenvalue weighted by molar-refractivity contribution is 0.102. The third-order valence-corrected chi connectivity index (χ3v) is 2.76. The topological polar surface area (TPSA) is 113 Å². The molecule has 0 aliphatic carbocycles. The van der Waals surface area contributed by atoms with E-state index >= 15 is 0 Å². The molecule has 0 saturated carbocycles. The van der Waals surface area contributed by atoms with E-state index in [0.717, 1.165) is 0 Å². The van der Waals surface area contributed by atoms with Crippen LogP contribution in [-0.4, -0.2) is 18.0 Å². The van der Waals surface area contributed by atoms with E-state index < -0.39 is 5.91 Å². The smallest absolute Gasteiger partial charge is 0.274 e. The summed E-state index contributed by atoms with van der Waals surface area (Å²) in [5, 5.41) is 11.7. The summed E-state index contributed by atoms with van der Waals surface area (Å²) in [6.07, 6.45) is 1.46. The SMILES string of the molecule is COc1cccc(C#N)c1NC(=O)c1cc(NN)ccn1. The van der Waals surface area contributed by atoms with E-state index in [9.17, 15) is 4.79 Å². The molecule has 0 fully saturated rings. The molecule has 0 spiro atoms. The zero-order chi connectivity index (χ0) is 15.2. The van der Waals surface area contributed by atoms with Crippen LogP contribution in [0.25, 0.3) is 0 Å². The highest BCUT2D eigenvalue weighted by molar-refractivity contribution is 6.05. The second kappa shape index (κ2) is 6.36. The van der Waals surface area contributed by atoms with Gasteiger partial charge in [0.15, 0.2) is 0 Å². The molecule has 4 N–H and O–H groups in total. The van der Waals surface area contributed by atoms with Gasteiger partial charge in [-0.2, -0.15) is 5.26 Å². The number of benzene rings is 1. The number of hydrogen-bond donors (Lipinski definition) is 3. The number of nitrogens with two attached hydrogens (primary N) is 1. The summed E-state index contributed by atoms with van der Waals surface area (Å²) in [7, 11) is 1.46. The zero-order valence-corrected chi connectivity index (χ0v) is 11.3. The maximum absolute atomic E-state index is 12.2. The number of hydrogen-bond acceptors (Lipinski definition) is 6. The molecule has 106 valence electrons. The van der Waals surface area contributed by atoms with Crippen molar-refractivity contribution in [3.05, 3.63) is 47.8 Å². The van der Waals surface area contributed by atoms with E-state index in [2.05, 4.69) is 15.7 Å². The molecule has 2 rings (SSSR count). The number of hydrazine groups is 1. The molecule has 21 heavy (non-hydrogen) atoms. The number of para-hydroxylation sites is 1. The Morgan fingerprint density at radius 2 is 2.24 bits per heavy atom. The predicted molar refractivity (Wildman–Crippen MR) is 77.7 cm³/mol. The van der Waals surface area contributed by atoms with Crippen LogP contribution < -0.4 is 21.3 Å². The molecule has 7 nitrogen and oxygen atoms in total. The number of carbonyl (C=O) groups excluding carboxylic acids is 1. The number of aromatic nitrogens is 1. The predicted octanol–water partition coefficient (Wildman–Crippen LogP) is 1.50. The van der Waals surface area contributed by atoms with Gasteiger partial charge in [0, 0.05) is 6.20 Å². The van der Waals surface area contributed by atoms with Gasteiger partial charge in [0.2, 0.25) is 0 Å². The molecule has 0 saturated heterocycles. The van der Waals surface area contributed by atoms with Crippen molar-refractivity contribution < 1.29 is 9.53 Å². The Morgan fingerprint density at radius 1 is 1.43 bits per heavy atom. The second-order valence-electron chi connectivity index (χ2n) is 4.02. The number of amides is 1. The highest BCUT2D eigenvalue weighted by Gasteiger charge is 2.14. The Kier molecular flexibility index (Phi) is 4.33. The largest absolute Gasteiger partial charge is 0.495 e. The molecule has 1 amide bonds. The van der Waals surface area contributed by atoms with E-state index in [1.54, 1.807) is 24.3 Å². The zero-order valence-electron chi connectivity index (χ0n) is 11.3. The Hall–Kier alpha value is -3.11. The normalized spacial score (nSPS) is 9.57. The third-order valence-electron chi connectivity index (χ3n) is 2.76. The fourth-order valence-electron chi connectivity index (χ4n) is 1.75. The maximum Gasteiger partial charge on any atom is 0.274 e. The van der Waals surface area contributed by atoms with Crippen LogP contribution in [0.3, 0.4) is 0 Å². The van der Waals surface area contributed by atoms with E-state index in [-0.39, 0.29) is 5.69 Å². The third kappa shape index (κ3) is 3.08. The summed E-state index contributed by atoms with van der Waals surface area (Å²) in [6, 6.07) is 10.0. The van der Waals surface area contributed by atoms with Crippen LogP contribution >= 0.6 is 0 Å². The number of methoxy groups -OCH3 is 1. The van der Waals surface area contributed by atoms with Crippen LogP contribution in [0.2, 0.25) is 0 Å². The van der Waals surface area contributed by atoms with Crippen molar-refractivity contribution in [1.82, 2.24) is 4.98 Å². The van der Waals surface area contributed by atoms with Crippen molar-refractivity contribution in [2.24, 2.45) is 5.84 Å². The van der Waals surface area contributed by atoms with Crippen molar-refractivity contribution in [3.63, 3.8) is 0 Å². The Labute approximate surface area is 121 Å². The fourth-order valence-corrected chi connectivity index (χ4v) is 1.75. The van der Waals surface area contributed by atoms with Crippen LogP contribution in [0.15, 0.2) is 36.5 Å². The Balaban J connectivity index is 2.33. The molecule has 7 heteroatoms. The number of nitrogens with one attached hydrogen (secondary N) is 2. The van der Waals surface area contributed by atoms with Crippen molar-refractivity contribution >= 4 is 17.3 Å². The molecule has 0 radical (unpaired) electrons.